The number of rotatable bonds is 1. The van der Waals surface area contributed by atoms with Gasteiger partial charge in [-0.1, -0.05) is 35.3 Å². The molecule has 2 aromatic carbocycles. The monoisotopic (exact) mass is 337 g/mol. The van der Waals surface area contributed by atoms with E-state index in [1.807, 2.05) is 23.1 Å². The molecule has 2 nitrogen and oxygen atoms in total. The predicted molar refractivity (Wildman–Crippen MR) is 89.9 cm³/mol. The molecule has 0 N–H and O–H groups in total. The lowest BCUT2D eigenvalue weighted by Gasteiger charge is -2.22. The van der Waals surface area contributed by atoms with Gasteiger partial charge < -0.3 is 4.90 Å². The summed E-state index contributed by atoms with van der Waals surface area (Å²) in [6.45, 7) is 0.701. The average Bonchev–Trinajstić information content (AvgIpc) is 2.68. The fourth-order valence-corrected chi connectivity index (χ4v) is 3.89. The molecule has 3 rings (SSSR count). The van der Waals surface area contributed by atoms with Crippen LogP contribution < -0.4 is 4.90 Å². The van der Waals surface area contributed by atoms with Crippen LogP contribution in [0, 0.1) is 0 Å². The van der Waals surface area contributed by atoms with Gasteiger partial charge in [-0.05, 0) is 42.5 Å². The third kappa shape index (κ3) is 3.20. The molecular formula is C16H13Cl2NOS. The molecule has 0 atom stereocenters. The quantitative estimate of drug-likeness (QED) is 0.718. The number of hydrogen-bond donors (Lipinski definition) is 0. The lowest BCUT2D eigenvalue weighted by Crippen LogP contribution is -2.31. The van der Waals surface area contributed by atoms with Gasteiger partial charge in [0, 0.05) is 27.0 Å². The molecule has 1 heterocycles. The van der Waals surface area contributed by atoms with Crippen molar-refractivity contribution in [1.29, 1.82) is 0 Å². The van der Waals surface area contributed by atoms with Gasteiger partial charge in [0.15, 0.2) is 0 Å². The fraction of sp³-hybridized carbons (Fsp3) is 0.188. The Labute approximate surface area is 138 Å². The number of amides is 1. The minimum atomic E-state index is -0.0608. The number of carbonyl (C=O) groups excluding carboxylic acids is 1. The third-order valence-corrected chi connectivity index (χ3v) is 4.88. The highest BCUT2D eigenvalue weighted by Crippen LogP contribution is 2.34. The molecule has 1 amide bonds. The molecule has 21 heavy (non-hydrogen) atoms. The standard InChI is InChI=1S/C16H13Cl2NOS/c17-12-8-11(9-13(18)10-12)16(20)19-6-3-7-21-15-5-2-1-4-14(15)19/h1-2,4-5,8-10H,3,6-7H2. The van der Waals surface area contributed by atoms with Crippen LogP contribution in [-0.4, -0.2) is 18.2 Å². The Bertz CT molecular complexity index is 669. The van der Waals surface area contributed by atoms with Crippen molar-refractivity contribution < 1.29 is 4.79 Å². The van der Waals surface area contributed by atoms with Gasteiger partial charge in [-0.2, -0.15) is 0 Å². The van der Waals surface area contributed by atoms with Crippen molar-refractivity contribution in [3.63, 3.8) is 0 Å². The number of anilines is 1. The van der Waals surface area contributed by atoms with Crippen LogP contribution in [0.25, 0.3) is 0 Å². The second-order valence-electron chi connectivity index (χ2n) is 4.78. The molecule has 0 unspecified atom stereocenters. The van der Waals surface area contributed by atoms with E-state index in [1.54, 1.807) is 30.0 Å². The van der Waals surface area contributed by atoms with Crippen molar-refractivity contribution in [3.8, 4) is 0 Å². The molecule has 0 fully saturated rings. The summed E-state index contributed by atoms with van der Waals surface area (Å²) >= 11 is 13.8. The van der Waals surface area contributed by atoms with Gasteiger partial charge in [0.2, 0.25) is 0 Å². The Morgan fingerprint density at radius 2 is 1.81 bits per heavy atom. The Morgan fingerprint density at radius 3 is 2.57 bits per heavy atom. The molecule has 0 saturated heterocycles. The highest BCUT2D eigenvalue weighted by Gasteiger charge is 2.22. The van der Waals surface area contributed by atoms with Crippen LogP contribution in [0.1, 0.15) is 16.8 Å². The average molecular weight is 338 g/mol. The topological polar surface area (TPSA) is 20.3 Å². The van der Waals surface area contributed by atoms with Crippen LogP contribution in [0.3, 0.4) is 0 Å². The Morgan fingerprint density at radius 1 is 1.10 bits per heavy atom. The van der Waals surface area contributed by atoms with Crippen molar-refractivity contribution in [2.24, 2.45) is 0 Å². The van der Waals surface area contributed by atoms with Crippen LogP contribution in [-0.2, 0) is 0 Å². The van der Waals surface area contributed by atoms with Gasteiger partial charge in [-0.15, -0.1) is 11.8 Å². The third-order valence-electron chi connectivity index (χ3n) is 3.29. The first-order valence-corrected chi connectivity index (χ1v) is 8.39. The number of halogens is 2. The number of fused-ring (bicyclic) bond motifs is 1. The van der Waals surface area contributed by atoms with E-state index in [4.69, 9.17) is 23.2 Å². The first kappa shape index (κ1) is 14.8. The summed E-state index contributed by atoms with van der Waals surface area (Å²) < 4.78 is 0. The van der Waals surface area contributed by atoms with Crippen LogP contribution in [0.4, 0.5) is 5.69 Å². The molecule has 0 radical (unpaired) electrons. The van der Waals surface area contributed by atoms with Crippen molar-refractivity contribution >= 4 is 46.6 Å². The molecule has 0 spiro atoms. The van der Waals surface area contributed by atoms with Gasteiger partial charge in [0.05, 0.1) is 5.69 Å². The molecule has 1 aliphatic rings. The predicted octanol–water partition coefficient (Wildman–Crippen LogP) is 5.14. The maximum absolute atomic E-state index is 12.8. The Balaban J connectivity index is 2.01. The van der Waals surface area contributed by atoms with Crippen LogP contribution in [0.5, 0.6) is 0 Å². The van der Waals surface area contributed by atoms with E-state index in [2.05, 4.69) is 6.07 Å². The zero-order chi connectivity index (χ0) is 14.8. The minimum Gasteiger partial charge on any atom is -0.307 e. The maximum Gasteiger partial charge on any atom is 0.258 e. The van der Waals surface area contributed by atoms with E-state index >= 15 is 0 Å². The molecule has 0 saturated carbocycles. The van der Waals surface area contributed by atoms with Crippen molar-refractivity contribution in [2.45, 2.75) is 11.3 Å². The highest BCUT2D eigenvalue weighted by molar-refractivity contribution is 7.99. The fourth-order valence-electron chi connectivity index (χ4n) is 2.37. The second-order valence-corrected chi connectivity index (χ2v) is 6.79. The number of thioether (sulfide) groups is 1. The van der Waals surface area contributed by atoms with Gasteiger partial charge in [0.25, 0.3) is 5.91 Å². The lowest BCUT2D eigenvalue weighted by molar-refractivity contribution is 0.0986. The largest absolute Gasteiger partial charge is 0.307 e. The van der Waals surface area contributed by atoms with E-state index in [9.17, 15) is 4.79 Å². The highest BCUT2D eigenvalue weighted by atomic mass is 35.5. The Kier molecular flexibility index (Phi) is 4.43. The lowest BCUT2D eigenvalue weighted by atomic mass is 10.1. The van der Waals surface area contributed by atoms with Crippen molar-refractivity contribution in [2.75, 3.05) is 17.2 Å². The summed E-state index contributed by atoms with van der Waals surface area (Å²) in [6, 6.07) is 12.9. The number of carbonyl (C=O) groups is 1. The molecule has 0 aliphatic carbocycles. The van der Waals surface area contributed by atoms with E-state index in [-0.39, 0.29) is 5.91 Å². The van der Waals surface area contributed by atoms with Crippen molar-refractivity contribution in [1.82, 2.24) is 0 Å². The Hall–Kier alpha value is -1.16. The van der Waals surface area contributed by atoms with Gasteiger partial charge in [-0.25, -0.2) is 0 Å². The van der Waals surface area contributed by atoms with Gasteiger partial charge in [0.1, 0.15) is 0 Å². The number of para-hydroxylation sites is 1. The molecule has 1 aliphatic heterocycles. The summed E-state index contributed by atoms with van der Waals surface area (Å²) in [4.78, 5) is 15.8. The van der Waals surface area contributed by atoms with E-state index in [1.165, 1.54) is 0 Å². The van der Waals surface area contributed by atoms with E-state index < -0.39 is 0 Å². The number of hydrogen-bond acceptors (Lipinski definition) is 2. The minimum absolute atomic E-state index is 0.0608. The number of nitrogens with zero attached hydrogens (tertiary/aromatic N) is 1. The normalized spacial score (nSPS) is 14.5. The summed E-state index contributed by atoms with van der Waals surface area (Å²) in [6.07, 6.45) is 0.958. The molecule has 2 aromatic rings. The summed E-state index contributed by atoms with van der Waals surface area (Å²) in [7, 11) is 0. The van der Waals surface area contributed by atoms with Crippen LogP contribution in [0.15, 0.2) is 47.4 Å². The zero-order valence-corrected chi connectivity index (χ0v) is 13.5. The van der Waals surface area contributed by atoms with Gasteiger partial charge in [-0.3, -0.25) is 4.79 Å². The molecule has 0 aromatic heterocycles. The summed E-state index contributed by atoms with van der Waals surface area (Å²) in [5.74, 6) is 0.950. The summed E-state index contributed by atoms with van der Waals surface area (Å²) in [5.41, 5.74) is 1.48. The second kappa shape index (κ2) is 6.30. The first-order valence-electron chi connectivity index (χ1n) is 6.65. The zero-order valence-electron chi connectivity index (χ0n) is 11.2. The molecule has 5 heteroatoms. The molecular weight excluding hydrogens is 325 g/mol. The molecule has 108 valence electrons. The van der Waals surface area contributed by atoms with Gasteiger partial charge >= 0.3 is 0 Å². The van der Waals surface area contributed by atoms with E-state index in [0.717, 1.165) is 22.8 Å². The maximum atomic E-state index is 12.8. The van der Waals surface area contributed by atoms with Crippen molar-refractivity contribution in [3.05, 3.63) is 58.1 Å². The van der Waals surface area contributed by atoms with Crippen LogP contribution in [0.2, 0.25) is 10.0 Å². The molecule has 0 bridgehead atoms. The number of benzene rings is 2. The smallest absolute Gasteiger partial charge is 0.258 e. The van der Waals surface area contributed by atoms with Crippen LogP contribution >= 0.6 is 35.0 Å². The summed E-state index contributed by atoms with van der Waals surface area (Å²) in [5, 5.41) is 0.951. The first-order chi connectivity index (χ1) is 10.1. The van der Waals surface area contributed by atoms with E-state index in [0.29, 0.717) is 22.2 Å². The SMILES string of the molecule is O=C(c1cc(Cl)cc(Cl)c1)N1CCCSc2ccccc21.